The Hall–Kier alpha value is -4.48. The van der Waals surface area contributed by atoms with Crippen LogP contribution < -0.4 is 14.9 Å². The smallest absolute Gasteiger partial charge is 0.262 e. The van der Waals surface area contributed by atoms with Crippen molar-refractivity contribution in [2.24, 2.45) is 10.1 Å². The fourth-order valence-corrected chi connectivity index (χ4v) is 4.54. The Bertz CT molecular complexity index is 1570. The van der Waals surface area contributed by atoms with Crippen LogP contribution in [0.2, 0.25) is 0 Å². The number of benzene rings is 3. The summed E-state index contributed by atoms with van der Waals surface area (Å²) in [5, 5.41) is 18.9. The van der Waals surface area contributed by atoms with Gasteiger partial charge in [-0.05, 0) is 61.4 Å². The molecule has 0 saturated carbocycles. The summed E-state index contributed by atoms with van der Waals surface area (Å²) in [5.41, 5.74) is 6.53. The number of carbonyl (C=O) groups excluding carboxylic acids is 1. The molecule has 0 unspecified atom stereocenters. The van der Waals surface area contributed by atoms with Gasteiger partial charge in [0, 0.05) is 10.9 Å². The molecule has 3 aromatic carbocycles. The molecule has 8 heteroatoms. The van der Waals surface area contributed by atoms with Crippen LogP contribution in [0.1, 0.15) is 23.6 Å². The van der Waals surface area contributed by atoms with Crippen LogP contribution in [0.15, 0.2) is 82.2 Å². The number of thiazole rings is 1. The van der Waals surface area contributed by atoms with Gasteiger partial charge in [0.2, 0.25) is 4.80 Å². The molecule has 0 radical (unpaired) electrons. The molecule has 1 amide bonds. The number of ether oxygens (including phenoxy) is 1. The topological polar surface area (TPSA) is 91.8 Å². The second-order valence-electron chi connectivity index (χ2n) is 8.04. The molecular weight excluding hydrogens is 458 g/mol. The van der Waals surface area contributed by atoms with Gasteiger partial charge < -0.3 is 10.1 Å². The molecule has 2 heterocycles. The van der Waals surface area contributed by atoms with E-state index in [0.29, 0.717) is 21.8 Å². The van der Waals surface area contributed by atoms with Crippen molar-refractivity contribution >= 4 is 34.3 Å². The summed E-state index contributed by atoms with van der Waals surface area (Å²) >= 11 is 1.48. The van der Waals surface area contributed by atoms with Crippen LogP contribution in [0.4, 0.5) is 11.4 Å². The Morgan fingerprint density at radius 2 is 1.94 bits per heavy atom. The molecular formula is C27H21N5O2S. The minimum atomic E-state index is -0.183. The van der Waals surface area contributed by atoms with Crippen molar-refractivity contribution < 1.29 is 9.53 Å². The number of nitrogens with one attached hydrogen (secondary N) is 1. The van der Waals surface area contributed by atoms with Crippen LogP contribution in [-0.4, -0.2) is 22.9 Å². The Labute approximate surface area is 206 Å². The van der Waals surface area contributed by atoms with Gasteiger partial charge in [-0.2, -0.15) is 10.4 Å². The number of hydrogen-bond donors (Lipinski definition) is 1. The number of aryl methyl sites for hydroxylation is 1. The van der Waals surface area contributed by atoms with Gasteiger partial charge >= 0.3 is 0 Å². The Morgan fingerprint density at radius 3 is 2.71 bits per heavy atom. The van der Waals surface area contributed by atoms with Gasteiger partial charge in [0.05, 0.1) is 34.4 Å². The lowest BCUT2D eigenvalue weighted by molar-refractivity contribution is -0.118. The van der Waals surface area contributed by atoms with E-state index in [4.69, 9.17) is 20.1 Å². The Morgan fingerprint density at radius 1 is 1.14 bits per heavy atom. The lowest BCUT2D eigenvalue weighted by atomic mass is 10.1. The predicted octanol–water partition coefficient (Wildman–Crippen LogP) is 5.23. The van der Waals surface area contributed by atoms with E-state index >= 15 is 0 Å². The maximum atomic E-state index is 11.8. The first-order valence-electron chi connectivity index (χ1n) is 11.0. The maximum absolute atomic E-state index is 11.8. The third-order valence-electron chi connectivity index (χ3n) is 5.61. The lowest BCUT2D eigenvalue weighted by Gasteiger charge is -2.18. The Kier molecular flexibility index (Phi) is 6.00. The highest BCUT2D eigenvalue weighted by Gasteiger charge is 2.18. The van der Waals surface area contributed by atoms with E-state index in [1.54, 1.807) is 12.1 Å². The van der Waals surface area contributed by atoms with Gasteiger partial charge in [0.1, 0.15) is 5.75 Å². The molecule has 0 fully saturated rings. The first-order valence-corrected chi connectivity index (χ1v) is 11.8. The summed E-state index contributed by atoms with van der Waals surface area (Å²) < 4.78 is 7.33. The van der Waals surface area contributed by atoms with Gasteiger partial charge in [-0.15, -0.1) is 11.3 Å². The number of fused-ring (bicyclic) bond motifs is 1. The van der Waals surface area contributed by atoms with Crippen molar-refractivity contribution in [2.45, 2.75) is 13.8 Å². The molecule has 1 aromatic heterocycles. The molecule has 0 atom stereocenters. The van der Waals surface area contributed by atoms with Gasteiger partial charge in [0.15, 0.2) is 6.61 Å². The SMILES string of the molecule is CC(=Nn1c(-c2ccc3c(c2)NC(=O)CO3)csc1=Nc1ccccc1C)c1ccc(C#N)cc1. The zero-order chi connectivity index (χ0) is 24.4. The summed E-state index contributed by atoms with van der Waals surface area (Å²) in [6.07, 6.45) is 0. The Balaban J connectivity index is 1.66. The normalized spacial score (nSPS) is 13.6. The van der Waals surface area contributed by atoms with Crippen LogP contribution in [0.5, 0.6) is 5.75 Å². The highest BCUT2D eigenvalue weighted by Crippen LogP contribution is 2.33. The summed E-state index contributed by atoms with van der Waals surface area (Å²) in [5.74, 6) is 0.454. The summed E-state index contributed by atoms with van der Waals surface area (Å²) in [4.78, 5) is 17.4. The molecule has 172 valence electrons. The quantitative estimate of drug-likeness (QED) is 0.406. The van der Waals surface area contributed by atoms with Crippen molar-refractivity contribution in [1.82, 2.24) is 4.68 Å². The van der Waals surface area contributed by atoms with E-state index in [2.05, 4.69) is 11.4 Å². The van der Waals surface area contributed by atoms with Crippen LogP contribution in [0, 0.1) is 18.3 Å². The van der Waals surface area contributed by atoms with Crippen LogP contribution in [0.25, 0.3) is 11.3 Å². The van der Waals surface area contributed by atoms with Gasteiger partial charge in [-0.3, -0.25) is 4.79 Å². The number of anilines is 1. The fourth-order valence-electron chi connectivity index (χ4n) is 3.70. The van der Waals surface area contributed by atoms with Crippen LogP contribution in [0.3, 0.4) is 0 Å². The molecule has 4 aromatic rings. The second kappa shape index (κ2) is 9.41. The molecule has 0 aliphatic carbocycles. The van der Waals surface area contributed by atoms with E-state index in [0.717, 1.165) is 33.8 Å². The first-order chi connectivity index (χ1) is 17.0. The first kappa shape index (κ1) is 22.3. The van der Waals surface area contributed by atoms with E-state index in [1.807, 2.05) is 78.5 Å². The third-order valence-corrected chi connectivity index (χ3v) is 6.42. The number of nitriles is 1. The molecule has 0 spiro atoms. The number of carbonyl (C=O) groups is 1. The summed E-state index contributed by atoms with van der Waals surface area (Å²) in [7, 11) is 0. The van der Waals surface area contributed by atoms with E-state index in [1.165, 1.54) is 11.3 Å². The molecule has 5 rings (SSSR count). The van der Waals surface area contributed by atoms with Gasteiger partial charge in [-0.1, -0.05) is 30.3 Å². The van der Waals surface area contributed by atoms with Crippen molar-refractivity contribution in [3.63, 3.8) is 0 Å². The number of amides is 1. The van der Waals surface area contributed by atoms with E-state index in [-0.39, 0.29) is 12.5 Å². The second-order valence-corrected chi connectivity index (χ2v) is 8.87. The number of aromatic nitrogens is 1. The van der Waals surface area contributed by atoms with Crippen LogP contribution >= 0.6 is 11.3 Å². The highest BCUT2D eigenvalue weighted by atomic mass is 32.1. The lowest BCUT2D eigenvalue weighted by Crippen LogP contribution is -2.25. The average molecular weight is 480 g/mol. The molecule has 0 bridgehead atoms. The largest absolute Gasteiger partial charge is 0.482 e. The number of rotatable bonds is 4. The zero-order valence-corrected chi connectivity index (χ0v) is 20.0. The molecule has 1 N–H and O–H groups in total. The highest BCUT2D eigenvalue weighted by molar-refractivity contribution is 7.07. The van der Waals surface area contributed by atoms with Crippen molar-refractivity contribution in [3.05, 3.63) is 93.6 Å². The standard InChI is InChI=1S/C27H21N5O2S/c1-17-5-3-4-6-22(17)30-27-32(31-18(2)20-9-7-19(14-28)8-10-20)24(16-35-27)21-11-12-25-23(13-21)29-26(33)15-34-25/h3-13,16H,15H2,1-2H3,(H,29,33). The molecule has 0 saturated heterocycles. The van der Waals surface area contributed by atoms with Crippen molar-refractivity contribution in [1.29, 1.82) is 5.26 Å². The van der Waals surface area contributed by atoms with Gasteiger partial charge in [-0.25, -0.2) is 9.67 Å². The zero-order valence-electron chi connectivity index (χ0n) is 19.1. The fraction of sp³-hybridized carbons (Fsp3) is 0.111. The molecule has 7 nitrogen and oxygen atoms in total. The maximum Gasteiger partial charge on any atom is 0.262 e. The van der Waals surface area contributed by atoms with Crippen LogP contribution in [-0.2, 0) is 4.79 Å². The summed E-state index contributed by atoms with van der Waals surface area (Å²) in [6, 6.07) is 23.1. The number of para-hydroxylation sites is 1. The molecule has 1 aliphatic rings. The van der Waals surface area contributed by atoms with E-state index in [9.17, 15) is 4.79 Å². The molecule has 35 heavy (non-hydrogen) atoms. The van der Waals surface area contributed by atoms with Crippen molar-refractivity contribution in [2.75, 3.05) is 11.9 Å². The van der Waals surface area contributed by atoms with E-state index < -0.39 is 0 Å². The third kappa shape index (κ3) is 4.63. The minimum absolute atomic E-state index is 0.0122. The van der Waals surface area contributed by atoms with Gasteiger partial charge in [0.25, 0.3) is 5.91 Å². The number of nitrogens with zero attached hydrogens (tertiary/aromatic N) is 4. The summed E-state index contributed by atoms with van der Waals surface area (Å²) in [6.45, 7) is 3.96. The monoisotopic (exact) mass is 479 g/mol. The average Bonchev–Trinajstić information content (AvgIpc) is 3.26. The number of hydrogen-bond acceptors (Lipinski definition) is 6. The predicted molar refractivity (Wildman–Crippen MR) is 137 cm³/mol. The van der Waals surface area contributed by atoms with Crippen molar-refractivity contribution in [3.8, 4) is 23.1 Å². The minimum Gasteiger partial charge on any atom is -0.482 e. The molecule has 1 aliphatic heterocycles.